The molecule has 6 nitrogen and oxygen atoms in total. The Morgan fingerprint density at radius 1 is 1.29 bits per heavy atom. The standard InChI is InChI=1S/C20H14ClF2N3O3S2/c21-10-5-6-15-12(7-10)24-18(28)16(31-15)8-17(27)26-20-25-13(9-30-20)11-3-1-2-4-14(11)29-19(22)23/h1-7,9,16,19H,8H2,(H,24,28)(H,25,26,27). The summed E-state index contributed by atoms with van der Waals surface area (Å²) in [6.45, 7) is -2.96. The van der Waals surface area contributed by atoms with Crippen LogP contribution in [0.5, 0.6) is 5.75 Å². The zero-order valence-electron chi connectivity index (χ0n) is 15.6. The van der Waals surface area contributed by atoms with Gasteiger partial charge in [-0.3, -0.25) is 9.59 Å². The molecule has 0 saturated heterocycles. The van der Waals surface area contributed by atoms with Crippen molar-refractivity contribution in [3.8, 4) is 17.0 Å². The first kappa shape index (κ1) is 21.5. The van der Waals surface area contributed by atoms with E-state index in [9.17, 15) is 18.4 Å². The highest BCUT2D eigenvalue weighted by Crippen LogP contribution is 2.38. The third kappa shape index (κ3) is 5.15. The maximum absolute atomic E-state index is 12.6. The first-order valence-corrected chi connectivity index (χ1v) is 11.1. The minimum absolute atomic E-state index is 0.00489. The van der Waals surface area contributed by atoms with Crippen molar-refractivity contribution >= 4 is 57.3 Å². The van der Waals surface area contributed by atoms with E-state index in [2.05, 4.69) is 20.4 Å². The second-order valence-corrected chi connectivity index (χ2v) is 8.94. The highest BCUT2D eigenvalue weighted by Gasteiger charge is 2.29. The number of alkyl halides is 2. The molecule has 4 rings (SSSR count). The quantitative estimate of drug-likeness (QED) is 0.485. The number of amides is 2. The molecular formula is C20H14ClF2N3O3S2. The van der Waals surface area contributed by atoms with E-state index in [1.54, 1.807) is 41.8 Å². The van der Waals surface area contributed by atoms with Crippen LogP contribution in [0, 0.1) is 0 Å². The second-order valence-electron chi connectivity index (χ2n) is 6.40. The molecule has 0 saturated carbocycles. The molecule has 2 aromatic carbocycles. The van der Waals surface area contributed by atoms with Gasteiger partial charge in [-0.2, -0.15) is 8.78 Å². The van der Waals surface area contributed by atoms with E-state index < -0.39 is 11.9 Å². The number of carbonyl (C=O) groups is 2. The minimum Gasteiger partial charge on any atom is -0.434 e. The number of fused-ring (bicyclic) bond motifs is 1. The molecule has 2 heterocycles. The largest absolute Gasteiger partial charge is 0.434 e. The van der Waals surface area contributed by atoms with Crippen LogP contribution < -0.4 is 15.4 Å². The van der Waals surface area contributed by atoms with Gasteiger partial charge in [-0.15, -0.1) is 23.1 Å². The van der Waals surface area contributed by atoms with Crippen molar-refractivity contribution in [3.05, 3.63) is 52.9 Å². The number of rotatable bonds is 6. The predicted octanol–water partition coefficient (Wildman–Crippen LogP) is 5.51. The molecule has 1 aliphatic heterocycles. The number of thioether (sulfide) groups is 1. The predicted molar refractivity (Wildman–Crippen MR) is 117 cm³/mol. The van der Waals surface area contributed by atoms with Crippen LogP contribution in [0.3, 0.4) is 0 Å². The van der Waals surface area contributed by atoms with Crippen LogP contribution in [0.4, 0.5) is 19.6 Å². The van der Waals surface area contributed by atoms with Crippen molar-refractivity contribution in [2.24, 2.45) is 0 Å². The maximum Gasteiger partial charge on any atom is 0.387 e. The Bertz CT molecular complexity index is 1140. The molecule has 1 aliphatic rings. The van der Waals surface area contributed by atoms with Gasteiger partial charge in [-0.1, -0.05) is 23.7 Å². The molecular weight excluding hydrogens is 468 g/mol. The van der Waals surface area contributed by atoms with E-state index in [1.807, 2.05) is 0 Å². The van der Waals surface area contributed by atoms with Gasteiger partial charge in [0.25, 0.3) is 0 Å². The molecule has 1 aromatic heterocycles. The average Bonchev–Trinajstić information content (AvgIpc) is 3.17. The number of benzene rings is 2. The van der Waals surface area contributed by atoms with Gasteiger partial charge in [0, 0.05) is 27.3 Å². The van der Waals surface area contributed by atoms with E-state index in [0.29, 0.717) is 27.1 Å². The number of thiazole rings is 1. The molecule has 31 heavy (non-hydrogen) atoms. The van der Waals surface area contributed by atoms with Gasteiger partial charge in [-0.05, 0) is 30.3 Å². The van der Waals surface area contributed by atoms with E-state index in [0.717, 1.165) is 16.2 Å². The number of para-hydroxylation sites is 1. The van der Waals surface area contributed by atoms with Crippen LogP contribution in [0.1, 0.15) is 6.42 Å². The summed E-state index contributed by atoms with van der Waals surface area (Å²) in [5.41, 5.74) is 1.40. The molecule has 0 radical (unpaired) electrons. The molecule has 11 heteroatoms. The van der Waals surface area contributed by atoms with E-state index >= 15 is 0 Å². The lowest BCUT2D eigenvalue weighted by atomic mass is 10.1. The lowest BCUT2D eigenvalue weighted by Gasteiger charge is -2.23. The number of anilines is 2. The number of hydrogen-bond donors (Lipinski definition) is 2. The Labute approximate surface area is 189 Å². The Hall–Kier alpha value is -2.69. The number of carbonyl (C=O) groups excluding carboxylic acids is 2. The zero-order chi connectivity index (χ0) is 22.0. The van der Waals surface area contributed by atoms with Gasteiger partial charge in [0.05, 0.1) is 16.6 Å². The smallest absolute Gasteiger partial charge is 0.387 e. The summed E-state index contributed by atoms with van der Waals surface area (Å²) in [6, 6.07) is 11.4. The van der Waals surface area contributed by atoms with Gasteiger partial charge < -0.3 is 15.4 Å². The SMILES string of the molecule is O=C(CC1Sc2ccc(Cl)cc2NC1=O)Nc1nc(-c2ccccc2OC(F)F)cs1. The van der Waals surface area contributed by atoms with Crippen molar-refractivity contribution < 1.29 is 23.1 Å². The van der Waals surface area contributed by atoms with Gasteiger partial charge in [0.2, 0.25) is 11.8 Å². The minimum atomic E-state index is -2.96. The Morgan fingerprint density at radius 2 is 2.10 bits per heavy atom. The van der Waals surface area contributed by atoms with Crippen LogP contribution in [-0.4, -0.2) is 28.7 Å². The van der Waals surface area contributed by atoms with Crippen molar-refractivity contribution in [1.29, 1.82) is 0 Å². The van der Waals surface area contributed by atoms with Crippen LogP contribution in [0.25, 0.3) is 11.3 Å². The van der Waals surface area contributed by atoms with E-state index in [1.165, 1.54) is 17.8 Å². The molecule has 160 valence electrons. The first-order valence-electron chi connectivity index (χ1n) is 8.95. The third-order valence-electron chi connectivity index (χ3n) is 4.26. The number of ether oxygens (including phenoxy) is 1. The molecule has 0 spiro atoms. The fraction of sp³-hybridized carbons (Fsp3) is 0.150. The summed E-state index contributed by atoms with van der Waals surface area (Å²) >= 11 is 8.37. The van der Waals surface area contributed by atoms with Crippen LogP contribution in [0.2, 0.25) is 5.02 Å². The average molecular weight is 482 g/mol. The van der Waals surface area contributed by atoms with Gasteiger partial charge in [-0.25, -0.2) is 4.98 Å². The highest BCUT2D eigenvalue weighted by atomic mass is 35.5. The summed E-state index contributed by atoms with van der Waals surface area (Å²) in [5, 5.41) is 7.24. The second kappa shape index (κ2) is 9.21. The number of nitrogens with one attached hydrogen (secondary N) is 2. The summed E-state index contributed by atoms with van der Waals surface area (Å²) < 4.78 is 29.8. The summed E-state index contributed by atoms with van der Waals surface area (Å²) in [6.07, 6.45) is -0.0570. The summed E-state index contributed by atoms with van der Waals surface area (Å²) in [5.74, 6) is -0.675. The number of halogens is 3. The highest BCUT2D eigenvalue weighted by molar-refractivity contribution is 8.01. The summed E-state index contributed by atoms with van der Waals surface area (Å²) in [7, 11) is 0. The van der Waals surface area contributed by atoms with Crippen LogP contribution in [-0.2, 0) is 9.59 Å². The molecule has 2 N–H and O–H groups in total. The fourth-order valence-corrected chi connectivity index (χ4v) is 4.92. The van der Waals surface area contributed by atoms with Crippen LogP contribution in [0.15, 0.2) is 52.7 Å². The van der Waals surface area contributed by atoms with Crippen molar-refractivity contribution in [2.45, 2.75) is 23.2 Å². The van der Waals surface area contributed by atoms with Crippen molar-refractivity contribution in [1.82, 2.24) is 4.98 Å². The van der Waals surface area contributed by atoms with Gasteiger partial charge in [0.1, 0.15) is 5.75 Å². The van der Waals surface area contributed by atoms with E-state index in [4.69, 9.17) is 11.6 Å². The maximum atomic E-state index is 12.6. The molecule has 0 fully saturated rings. The lowest BCUT2D eigenvalue weighted by molar-refractivity contribution is -0.120. The number of aromatic nitrogens is 1. The van der Waals surface area contributed by atoms with E-state index in [-0.39, 0.29) is 24.0 Å². The Morgan fingerprint density at radius 3 is 2.90 bits per heavy atom. The lowest BCUT2D eigenvalue weighted by Crippen LogP contribution is -2.32. The first-order chi connectivity index (χ1) is 14.9. The molecule has 0 bridgehead atoms. The van der Waals surface area contributed by atoms with Crippen molar-refractivity contribution in [2.75, 3.05) is 10.6 Å². The third-order valence-corrected chi connectivity index (χ3v) is 6.53. The molecule has 1 unspecified atom stereocenters. The molecule has 1 atom stereocenters. The zero-order valence-corrected chi connectivity index (χ0v) is 18.0. The number of nitrogens with zero attached hydrogens (tertiary/aromatic N) is 1. The van der Waals surface area contributed by atoms with Gasteiger partial charge in [0.15, 0.2) is 5.13 Å². The summed E-state index contributed by atoms with van der Waals surface area (Å²) in [4.78, 5) is 29.9. The van der Waals surface area contributed by atoms with Crippen molar-refractivity contribution in [3.63, 3.8) is 0 Å². The fourth-order valence-electron chi connectivity index (χ4n) is 2.93. The Balaban J connectivity index is 1.42. The van der Waals surface area contributed by atoms with Gasteiger partial charge >= 0.3 is 6.61 Å². The molecule has 0 aliphatic carbocycles. The normalized spacial score (nSPS) is 15.4. The Kier molecular flexibility index (Phi) is 6.40. The number of hydrogen-bond acceptors (Lipinski definition) is 6. The topological polar surface area (TPSA) is 80.3 Å². The van der Waals surface area contributed by atoms with Crippen LogP contribution >= 0.6 is 34.7 Å². The molecule has 3 aromatic rings. The molecule has 2 amide bonds. The monoisotopic (exact) mass is 481 g/mol.